The highest BCUT2D eigenvalue weighted by atomic mass is 32.1. The van der Waals surface area contributed by atoms with Crippen LogP contribution >= 0.6 is 11.3 Å². The van der Waals surface area contributed by atoms with Crippen LogP contribution in [0.15, 0.2) is 66.0 Å². The number of phenolic OH excluding ortho intramolecular Hbond substituents is 1. The molecule has 1 unspecified atom stereocenters. The maximum absolute atomic E-state index is 10.3. The summed E-state index contributed by atoms with van der Waals surface area (Å²) in [6.45, 7) is 0. The Labute approximate surface area is 135 Å². The van der Waals surface area contributed by atoms with Gasteiger partial charge in [-0.2, -0.15) is 0 Å². The minimum atomic E-state index is 0.0670. The molecular weight excluding hydrogens is 290 g/mol. The van der Waals surface area contributed by atoms with Gasteiger partial charge in [0.15, 0.2) is 0 Å². The molecule has 3 rings (SSSR count). The fourth-order valence-corrected chi connectivity index (χ4v) is 3.52. The van der Waals surface area contributed by atoms with Gasteiger partial charge in [0.05, 0.1) is 0 Å². The molecule has 3 heteroatoms. The SMILES string of the molecule is CN(C)c1ccc(C(c2cccs2)c2ccccc2O)cc1. The Morgan fingerprint density at radius 2 is 1.64 bits per heavy atom. The number of para-hydroxylation sites is 1. The topological polar surface area (TPSA) is 23.5 Å². The third-order valence-electron chi connectivity index (χ3n) is 3.82. The number of nitrogens with zero attached hydrogens (tertiary/aromatic N) is 1. The Bertz CT molecular complexity index is 732. The van der Waals surface area contributed by atoms with Crippen LogP contribution in [0.4, 0.5) is 5.69 Å². The average Bonchev–Trinajstić information content (AvgIpc) is 3.04. The van der Waals surface area contributed by atoms with Crippen molar-refractivity contribution in [2.45, 2.75) is 5.92 Å². The number of phenols is 1. The monoisotopic (exact) mass is 309 g/mol. The fraction of sp³-hybridized carbons (Fsp3) is 0.158. The highest BCUT2D eigenvalue weighted by Crippen LogP contribution is 2.38. The van der Waals surface area contributed by atoms with Crippen LogP contribution in [0, 0.1) is 0 Å². The van der Waals surface area contributed by atoms with Gasteiger partial charge in [0, 0.05) is 36.1 Å². The largest absolute Gasteiger partial charge is 0.508 e. The molecule has 3 aromatic rings. The van der Waals surface area contributed by atoms with Gasteiger partial charge >= 0.3 is 0 Å². The molecule has 0 aliphatic heterocycles. The summed E-state index contributed by atoms with van der Waals surface area (Å²) in [5.74, 6) is 0.412. The highest BCUT2D eigenvalue weighted by molar-refractivity contribution is 7.10. The molecule has 1 heterocycles. The van der Waals surface area contributed by atoms with Crippen LogP contribution in [0.25, 0.3) is 0 Å². The molecule has 0 saturated heterocycles. The summed E-state index contributed by atoms with van der Waals surface area (Å²) in [6, 6.07) is 20.3. The predicted octanol–water partition coefficient (Wildman–Crippen LogP) is 4.70. The molecule has 112 valence electrons. The number of anilines is 1. The molecule has 1 atom stereocenters. The third kappa shape index (κ3) is 2.85. The van der Waals surface area contributed by atoms with Crippen LogP contribution in [0.1, 0.15) is 21.9 Å². The molecule has 0 aliphatic rings. The summed E-state index contributed by atoms with van der Waals surface area (Å²) >= 11 is 1.72. The van der Waals surface area contributed by atoms with Crippen molar-refractivity contribution in [3.63, 3.8) is 0 Å². The van der Waals surface area contributed by atoms with Crippen molar-refractivity contribution in [2.75, 3.05) is 19.0 Å². The smallest absolute Gasteiger partial charge is 0.119 e. The van der Waals surface area contributed by atoms with E-state index in [0.29, 0.717) is 5.75 Å². The second kappa shape index (κ2) is 6.24. The fourth-order valence-electron chi connectivity index (χ4n) is 2.65. The minimum Gasteiger partial charge on any atom is -0.508 e. The highest BCUT2D eigenvalue weighted by Gasteiger charge is 2.20. The number of rotatable bonds is 4. The van der Waals surface area contributed by atoms with Gasteiger partial charge in [-0.3, -0.25) is 0 Å². The molecule has 1 N–H and O–H groups in total. The zero-order valence-electron chi connectivity index (χ0n) is 12.7. The molecule has 1 aromatic heterocycles. The molecule has 0 saturated carbocycles. The summed E-state index contributed by atoms with van der Waals surface area (Å²) in [7, 11) is 4.07. The van der Waals surface area contributed by atoms with E-state index in [1.54, 1.807) is 17.4 Å². The third-order valence-corrected chi connectivity index (χ3v) is 4.76. The Morgan fingerprint density at radius 1 is 0.909 bits per heavy atom. The van der Waals surface area contributed by atoms with Gasteiger partial charge in [-0.1, -0.05) is 36.4 Å². The Morgan fingerprint density at radius 3 is 2.23 bits per heavy atom. The van der Waals surface area contributed by atoms with Crippen molar-refractivity contribution >= 4 is 17.0 Å². The maximum atomic E-state index is 10.3. The lowest BCUT2D eigenvalue weighted by atomic mass is 9.89. The summed E-state index contributed by atoms with van der Waals surface area (Å²) < 4.78 is 0. The van der Waals surface area contributed by atoms with Gasteiger partial charge in [0.25, 0.3) is 0 Å². The van der Waals surface area contributed by atoms with Crippen molar-refractivity contribution in [3.05, 3.63) is 82.0 Å². The van der Waals surface area contributed by atoms with E-state index in [1.165, 1.54) is 16.1 Å². The van der Waals surface area contributed by atoms with E-state index < -0.39 is 0 Å². The van der Waals surface area contributed by atoms with Crippen LogP contribution in [0.5, 0.6) is 5.75 Å². The van der Waals surface area contributed by atoms with Crippen molar-refractivity contribution in [1.82, 2.24) is 0 Å². The lowest BCUT2D eigenvalue weighted by molar-refractivity contribution is 0.467. The number of benzene rings is 2. The average molecular weight is 309 g/mol. The van der Waals surface area contributed by atoms with E-state index in [1.807, 2.05) is 32.3 Å². The van der Waals surface area contributed by atoms with Crippen LogP contribution in [0.2, 0.25) is 0 Å². The zero-order chi connectivity index (χ0) is 15.5. The normalized spacial score (nSPS) is 12.1. The molecule has 2 aromatic carbocycles. The molecule has 0 radical (unpaired) electrons. The first-order valence-electron chi connectivity index (χ1n) is 7.25. The Balaban J connectivity index is 2.08. The number of hydrogen-bond acceptors (Lipinski definition) is 3. The van der Waals surface area contributed by atoms with E-state index in [4.69, 9.17) is 0 Å². The molecular formula is C19H19NOS. The lowest BCUT2D eigenvalue weighted by Crippen LogP contribution is -2.09. The van der Waals surface area contributed by atoms with Crippen LogP contribution in [-0.2, 0) is 0 Å². The maximum Gasteiger partial charge on any atom is 0.119 e. The van der Waals surface area contributed by atoms with E-state index in [0.717, 1.165) is 5.56 Å². The quantitative estimate of drug-likeness (QED) is 0.755. The molecule has 0 spiro atoms. The standard InChI is InChI=1S/C19H19NOS/c1-20(2)15-11-9-14(10-12-15)19(18-8-5-13-22-18)16-6-3-4-7-17(16)21/h3-13,19,21H,1-2H3. The van der Waals surface area contributed by atoms with E-state index in [-0.39, 0.29) is 5.92 Å². The van der Waals surface area contributed by atoms with Crippen molar-refractivity contribution in [3.8, 4) is 5.75 Å². The van der Waals surface area contributed by atoms with Gasteiger partial charge in [0.1, 0.15) is 5.75 Å². The van der Waals surface area contributed by atoms with E-state index >= 15 is 0 Å². The van der Waals surface area contributed by atoms with Gasteiger partial charge in [-0.05, 0) is 35.2 Å². The van der Waals surface area contributed by atoms with Crippen molar-refractivity contribution < 1.29 is 5.11 Å². The first-order valence-corrected chi connectivity index (χ1v) is 8.13. The number of hydrogen-bond donors (Lipinski definition) is 1. The second-order valence-electron chi connectivity index (χ2n) is 5.49. The van der Waals surface area contributed by atoms with Crippen molar-refractivity contribution in [1.29, 1.82) is 0 Å². The first-order chi connectivity index (χ1) is 10.7. The Hall–Kier alpha value is -2.26. The minimum absolute atomic E-state index is 0.0670. The predicted molar refractivity (Wildman–Crippen MR) is 94.1 cm³/mol. The molecule has 2 nitrogen and oxygen atoms in total. The zero-order valence-corrected chi connectivity index (χ0v) is 13.5. The second-order valence-corrected chi connectivity index (χ2v) is 6.47. The van der Waals surface area contributed by atoms with Gasteiger partial charge in [0.2, 0.25) is 0 Å². The lowest BCUT2D eigenvalue weighted by Gasteiger charge is -2.19. The van der Waals surface area contributed by atoms with Crippen LogP contribution in [0.3, 0.4) is 0 Å². The number of thiophene rings is 1. The summed E-state index contributed by atoms with van der Waals surface area (Å²) in [5, 5.41) is 12.4. The van der Waals surface area contributed by atoms with Crippen molar-refractivity contribution in [2.24, 2.45) is 0 Å². The van der Waals surface area contributed by atoms with Gasteiger partial charge in [-0.15, -0.1) is 11.3 Å². The molecule has 22 heavy (non-hydrogen) atoms. The van der Waals surface area contributed by atoms with Crippen LogP contribution in [-0.4, -0.2) is 19.2 Å². The van der Waals surface area contributed by atoms with Gasteiger partial charge < -0.3 is 10.0 Å². The summed E-state index contributed by atoms with van der Waals surface area (Å²) in [6.07, 6.45) is 0. The van der Waals surface area contributed by atoms with Gasteiger partial charge in [-0.25, -0.2) is 0 Å². The van der Waals surface area contributed by atoms with E-state index in [2.05, 4.69) is 46.7 Å². The summed E-state index contributed by atoms with van der Waals surface area (Å²) in [5.41, 5.74) is 3.31. The molecule has 0 amide bonds. The molecule has 0 aliphatic carbocycles. The number of aromatic hydroxyl groups is 1. The summed E-state index contributed by atoms with van der Waals surface area (Å²) in [4.78, 5) is 3.32. The van der Waals surface area contributed by atoms with E-state index in [9.17, 15) is 5.11 Å². The van der Waals surface area contributed by atoms with Crippen LogP contribution < -0.4 is 4.90 Å². The molecule has 0 fully saturated rings. The Kier molecular flexibility index (Phi) is 4.16. The molecule has 0 bridgehead atoms. The first kappa shape index (κ1) is 14.7.